The van der Waals surface area contributed by atoms with Crippen molar-refractivity contribution in [2.75, 3.05) is 0 Å². The summed E-state index contributed by atoms with van der Waals surface area (Å²) in [4.78, 5) is 68.1. The zero-order valence-corrected chi connectivity index (χ0v) is 15.5. The second kappa shape index (κ2) is 11.1. The van der Waals surface area contributed by atoms with Gasteiger partial charge in [-0.15, -0.1) is 0 Å². The molecule has 0 heterocycles. The number of rotatable bonds is 12. The Balaban J connectivity index is 2.89. The summed E-state index contributed by atoms with van der Waals surface area (Å²) in [6, 6.07) is 2.04. The minimum Gasteiger partial charge on any atom is -0.481 e. The van der Waals surface area contributed by atoms with E-state index >= 15 is 0 Å². The fraction of sp³-hybridized carbons (Fsp3) is 0.333. The molecule has 0 radical (unpaired) electrons. The van der Waals surface area contributed by atoms with E-state index in [0.717, 1.165) is 6.07 Å². The fourth-order valence-corrected chi connectivity index (χ4v) is 2.34. The standard InChI is InChI=1S/C18H20N2O10/c21-13(22)6-4-11(17(27)28)19-15(25)9-2-1-3-10(8-9)16(26)20-12(18(29)30)5-7-14(23)24/h1-3,8,11-12H,4-7H2,(H,19,25)(H,20,26)(H,21,22)(H,23,24)(H,27,28)(H,29,30). The molecule has 1 rings (SSSR count). The van der Waals surface area contributed by atoms with Gasteiger partial charge in [0, 0.05) is 24.0 Å². The molecule has 2 atom stereocenters. The van der Waals surface area contributed by atoms with E-state index in [1.54, 1.807) is 0 Å². The summed E-state index contributed by atoms with van der Waals surface area (Å²) in [5.74, 6) is -7.07. The third-order valence-electron chi connectivity index (χ3n) is 3.89. The maximum Gasteiger partial charge on any atom is 0.326 e. The Bertz CT molecular complexity index is 786. The molecular weight excluding hydrogens is 404 g/mol. The minimum atomic E-state index is -1.46. The minimum absolute atomic E-state index is 0.110. The van der Waals surface area contributed by atoms with Crippen molar-refractivity contribution in [3.63, 3.8) is 0 Å². The van der Waals surface area contributed by atoms with Crippen molar-refractivity contribution in [1.82, 2.24) is 10.6 Å². The van der Waals surface area contributed by atoms with Gasteiger partial charge in [-0.1, -0.05) is 6.07 Å². The molecule has 1 aromatic carbocycles. The average molecular weight is 424 g/mol. The molecule has 0 aliphatic heterocycles. The van der Waals surface area contributed by atoms with Gasteiger partial charge in [0.15, 0.2) is 0 Å². The van der Waals surface area contributed by atoms with E-state index in [4.69, 9.17) is 20.4 Å². The summed E-state index contributed by atoms with van der Waals surface area (Å²) >= 11 is 0. The quantitative estimate of drug-likeness (QED) is 0.260. The van der Waals surface area contributed by atoms with Crippen LogP contribution in [0.1, 0.15) is 46.4 Å². The van der Waals surface area contributed by atoms with Crippen LogP contribution in [0.15, 0.2) is 24.3 Å². The van der Waals surface area contributed by atoms with Crippen LogP contribution in [0.3, 0.4) is 0 Å². The highest BCUT2D eigenvalue weighted by atomic mass is 16.4. The van der Waals surface area contributed by atoms with E-state index < -0.39 is 60.6 Å². The fourth-order valence-electron chi connectivity index (χ4n) is 2.34. The summed E-state index contributed by atoms with van der Waals surface area (Å²) in [6.07, 6.45) is -1.65. The highest BCUT2D eigenvalue weighted by Crippen LogP contribution is 2.09. The number of aliphatic carboxylic acids is 4. The number of hydrogen-bond acceptors (Lipinski definition) is 6. The van der Waals surface area contributed by atoms with Crippen LogP contribution < -0.4 is 10.6 Å². The first-order valence-electron chi connectivity index (χ1n) is 8.62. The molecule has 0 aromatic heterocycles. The van der Waals surface area contributed by atoms with Crippen LogP contribution in [0.2, 0.25) is 0 Å². The Kier molecular flexibility index (Phi) is 8.94. The normalized spacial score (nSPS) is 12.3. The van der Waals surface area contributed by atoms with Crippen LogP contribution in [0.4, 0.5) is 0 Å². The zero-order valence-electron chi connectivity index (χ0n) is 15.5. The largest absolute Gasteiger partial charge is 0.481 e. The molecular formula is C18H20N2O10. The molecule has 6 N–H and O–H groups in total. The molecule has 2 amide bonds. The van der Waals surface area contributed by atoms with Crippen LogP contribution in [0.5, 0.6) is 0 Å². The van der Waals surface area contributed by atoms with Crippen LogP contribution in [-0.4, -0.2) is 68.2 Å². The van der Waals surface area contributed by atoms with E-state index in [0.29, 0.717) is 0 Å². The average Bonchev–Trinajstić information content (AvgIpc) is 2.67. The third kappa shape index (κ3) is 7.96. The van der Waals surface area contributed by atoms with Crippen molar-refractivity contribution < 1.29 is 49.2 Å². The number of carboxylic acids is 4. The SMILES string of the molecule is O=C(O)CCC(NC(=O)c1cccc(C(=O)NC(CCC(=O)O)C(=O)O)c1)C(=O)O. The number of carbonyl (C=O) groups is 6. The van der Waals surface area contributed by atoms with Crippen LogP contribution in [0, 0.1) is 0 Å². The monoisotopic (exact) mass is 424 g/mol. The molecule has 2 unspecified atom stereocenters. The Hall–Kier alpha value is -3.96. The molecule has 0 spiro atoms. The smallest absolute Gasteiger partial charge is 0.326 e. The Morgan fingerprint density at radius 3 is 1.37 bits per heavy atom. The predicted octanol–water partition coefficient (Wildman–Crippen LogP) is -0.218. The summed E-state index contributed by atoms with van der Waals surface area (Å²) < 4.78 is 0. The molecule has 30 heavy (non-hydrogen) atoms. The van der Waals surface area contributed by atoms with Gasteiger partial charge >= 0.3 is 23.9 Å². The van der Waals surface area contributed by atoms with E-state index in [9.17, 15) is 28.8 Å². The number of carbonyl (C=O) groups excluding carboxylic acids is 2. The van der Waals surface area contributed by atoms with Crippen LogP contribution in [0.25, 0.3) is 0 Å². The highest BCUT2D eigenvalue weighted by Gasteiger charge is 2.24. The number of benzene rings is 1. The molecule has 1 aromatic rings. The van der Waals surface area contributed by atoms with Crippen molar-refractivity contribution in [2.24, 2.45) is 0 Å². The van der Waals surface area contributed by atoms with E-state index in [-0.39, 0.29) is 24.0 Å². The molecule has 162 valence electrons. The third-order valence-corrected chi connectivity index (χ3v) is 3.89. The number of hydrogen-bond donors (Lipinski definition) is 6. The second-order valence-electron chi connectivity index (χ2n) is 6.17. The molecule has 0 bridgehead atoms. The summed E-state index contributed by atoms with van der Waals surface area (Å²) in [5.41, 5.74) is -0.219. The Labute approximate surface area is 169 Å². The lowest BCUT2D eigenvalue weighted by atomic mass is 10.1. The summed E-state index contributed by atoms with van der Waals surface area (Å²) in [5, 5.41) is 39.8. The molecule has 12 nitrogen and oxygen atoms in total. The van der Waals surface area contributed by atoms with E-state index in [1.807, 2.05) is 0 Å². The first-order chi connectivity index (χ1) is 14.0. The molecule has 0 fully saturated rings. The molecule has 0 aliphatic rings. The number of amides is 2. The predicted molar refractivity (Wildman–Crippen MR) is 98.0 cm³/mol. The van der Waals surface area contributed by atoms with Crippen LogP contribution >= 0.6 is 0 Å². The van der Waals surface area contributed by atoms with Crippen molar-refractivity contribution in [3.8, 4) is 0 Å². The Morgan fingerprint density at radius 1 is 0.700 bits per heavy atom. The highest BCUT2D eigenvalue weighted by molar-refractivity contribution is 6.01. The molecule has 0 saturated heterocycles. The number of carboxylic acid groups (broad SMARTS) is 4. The van der Waals surface area contributed by atoms with Gasteiger partial charge in [-0.05, 0) is 31.0 Å². The van der Waals surface area contributed by atoms with Gasteiger partial charge in [0.2, 0.25) is 0 Å². The zero-order chi connectivity index (χ0) is 22.8. The molecule has 12 heteroatoms. The lowest BCUT2D eigenvalue weighted by Gasteiger charge is -2.15. The summed E-state index contributed by atoms with van der Waals surface area (Å²) in [7, 11) is 0. The van der Waals surface area contributed by atoms with Gasteiger partial charge in [-0.3, -0.25) is 19.2 Å². The van der Waals surface area contributed by atoms with Gasteiger partial charge in [0.05, 0.1) is 0 Å². The van der Waals surface area contributed by atoms with E-state index in [2.05, 4.69) is 10.6 Å². The van der Waals surface area contributed by atoms with Gasteiger partial charge in [0.25, 0.3) is 11.8 Å². The van der Waals surface area contributed by atoms with Gasteiger partial charge in [0.1, 0.15) is 12.1 Å². The van der Waals surface area contributed by atoms with Gasteiger partial charge in [-0.25, -0.2) is 9.59 Å². The summed E-state index contributed by atoms with van der Waals surface area (Å²) in [6.45, 7) is 0. The molecule has 0 aliphatic carbocycles. The molecule has 0 saturated carbocycles. The lowest BCUT2D eigenvalue weighted by Crippen LogP contribution is -2.42. The maximum atomic E-state index is 12.3. The van der Waals surface area contributed by atoms with Crippen molar-refractivity contribution in [2.45, 2.75) is 37.8 Å². The topological polar surface area (TPSA) is 207 Å². The first kappa shape index (κ1) is 24.1. The van der Waals surface area contributed by atoms with Crippen molar-refractivity contribution in [3.05, 3.63) is 35.4 Å². The van der Waals surface area contributed by atoms with Crippen molar-refractivity contribution in [1.29, 1.82) is 0 Å². The number of nitrogens with one attached hydrogen (secondary N) is 2. The first-order valence-corrected chi connectivity index (χ1v) is 8.62. The maximum absolute atomic E-state index is 12.3. The van der Waals surface area contributed by atoms with Crippen molar-refractivity contribution >= 4 is 35.7 Å². The van der Waals surface area contributed by atoms with E-state index in [1.165, 1.54) is 18.2 Å². The van der Waals surface area contributed by atoms with Gasteiger partial charge in [-0.2, -0.15) is 0 Å². The van der Waals surface area contributed by atoms with Gasteiger partial charge < -0.3 is 31.1 Å². The second-order valence-corrected chi connectivity index (χ2v) is 6.17. The Morgan fingerprint density at radius 2 is 1.07 bits per heavy atom. The van der Waals surface area contributed by atoms with Crippen LogP contribution in [-0.2, 0) is 19.2 Å². The lowest BCUT2D eigenvalue weighted by molar-refractivity contribution is -0.142.